The summed E-state index contributed by atoms with van der Waals surface area (Å²) in [5.74, 6) is 1.11. The van der Waals surface area contributed by atoms with Crippen LogP contribution in [0.25, 0.3) is 0 Å². The van der Waals surface area contributed by atoms with Gasteiger partial charge in [0.05, 0.1) is 16.7 Å². The van der Waals surface area contributed by atoms with E-state index in [1.807, 2.05) is 12.4 Å². The van der Waals surface area contributed by atoms with E-state index in [1.54, 1.807) is 11.3 Å². The van der Waals surface area contributed by atoms with Crippen molar-refractivity contribution in [2.45, 2.75) is 46.2 Å². The van der Waals surface area contributed by atoms with Crippen LogP contribution < -0.4 is 5.32 Å². The van der Waals surface area contributed by atoms with Gasteiger partial charge in [0.2, 0.25) is 0 Å². The summed E-state index contributed by atoms with van der Waals surface area (Å²) in [5, 5.41) is 6.86. The average Bonchev–Trinajstić information content (AvgIpc) is 3.03. The van der Waals surface area contributed by atoms with Gasteiger partial charge in [-0.25, -0.2) is 9.97 Å². The molecule has 2 aromatic rings. The molecule has 1 atom stereocenters. The molecule has 2 aromatic heterocycles. The van der Waals surface area contributed by atoms with Gasteiger partial charge in [0, 0.05) is 30.7 Å². The van der Waals surface area contributed by atoms with Crippen LogP contribution in [-0.4, -0.2) is 21.1 Å². The third-order valence-corrected chi connectivity index (χ3v) is 3.94. The van der Waals surface area contributed by atoms with E-state index in [1.165, 1.54) is 0 Å². The lowest BCUT2D eigenvalue weighted by molar-refractivity contribution is 0.479. The predicted octanol–water partition coefficient (Wildman–Crippen LogP) is 2.95. The van der Waals surface area contributed by atoms with Crippen LogP contribution in [0.5, 0.6) is 0 Å². The van der Waals surface area contributed by atoms with Gasteiger partial charge < -0.3 is 9.88 Å². The molecule has 0 aliphatic carbocycles. The second-order valence-corrected chi connectivity index (χ2v) is 5.70. The Kier molecular flexibility index (Phi) is 5.10. The molecule has 1 N–H and O–H groups in total. The Balaban J connectivity index is 2.15. The van der Waals surface area contributed by atoms with Gasteiger partial charge in [-0.3, -0.25) is 0 Å². The predicted molar refractivity (Wildman–Crippen MR) is 79.5 cm³/mol. The van der Waals surface area contributed by atoms with Gasteiger partial charge in [0.15, 0.2) is 0 Å². The van der Waals surface area contributed by atoms with Crippen molar-refractivity contribution >= 4 is 11.3 Å². The van der Waals surface area contributed by atoms with Gasteiger partial charge in [0.1, 0.15) is 5.82 Å². The third kappa shape index (κ3) is 3.64. The zero-order valence-corrected chi connectivity index (χ0v) is 12.7. The fraction of sp³-hybridized carbons (Fsp3) is 0.571. The molecule has 0 aliphatic rings. The van der Waals surface area contributed by atoms with Crippen LogP contribution in [0.3, 0.4) is 0 Å². The van der Waals surface area contributed by atoms with Crippen LogP contribution in [0.2, 0.25) is 0 Å². The number of thiazole rings is 1. The monoisotopic (exact) mass is 278 g/mol. The molecule has 1 unspecified atom stereocenters. The maximum atomic E-state index is 4.57. The van der Waals surface area contributed by atoms with Crippen molar-refractivity contribution in [3.05, 3.63) is 34.3 Å². The largest absolute Gasteiger partial charge is 0.334 e. The van der Waals surface area contributed by atoms with E-state index in [-0.39, 0.29) is 6.04 Å². The lowest BCUT2D eigenvalue weighted by Crippen LogP contribution is -2.27. The summed E-state index contributed by atoms with van der Waals surface area (Å²) < 4.78 is 2.20. The van der Waals surface area contributed by atoms with E-state index in [0.717, 1.165) is 42.5 Å². The Hall–Kier alpha value is -1.20. The quantitative estimate of drug-likeness (QED) is 0.846. The maximum Gasteiger partial charge on any atom is 0.126 e. The molecule has 0 bridgehead atoms. The van der Waals surface area contributed by atoms with Gasteiger partial charge in [0.25, 0.3) is 0 Å². The van der Waals surface area contributed by atoms with Crippen molar-refractivity contribution in [1.82, 2.24) is 19.9 Å². The average molecular weight is 278 g/mol. The number of aromatic nitrogens is 3. The van der Waals surface area contributed by atoms with Crippen LogP contribution in [0, 0.1) is 6.92 Å². The molecule has 0 aromatic carbocycles. The minimum Gasteiger partial charge on any atom is -0.334 e. The third-order valence-electron chi connectivity index (χ3n) is 3.12. The molecule has 0 saturated carbocycles. The van der Waals surface area contributed by atoms with Crippen LogP contribution in [0.15, 0.2) is 17.8 Å². The highest BCUT2D eigenvalue weighted by Crippen LogP contribution is 2.19. The molecule has 19 heavy (non-hydrogen) atoms. The fourth-order valence-electron chi connectivity index (χ4n) is 2.18. The summed E-state index contributed by atoms with van der Waals surface area (Å²) in [7, 11) is 0. The highest BCUT2D eigenvalue weighted by molar-refractivity contribution is 7.09. The van der Waals surface area contributed by atoms with Gasteiger partial charge in [-0.15, -0.1) is 11.3 Å². The Labute approximate surface area is 118 Å². The molecule has 0 spiro atoms. The second-order valence-electron chi connectivity index (χ2n) is 4.64. The number of rotatable bonds is 7. The van der Waals surface area contributed by atoms with Gasteiger partial charge in [-0.2, -0.15) is 0 Å². The van der Waals surface area contributed by atoms with Crippen LogP contribution >= 0.6 is 11.3 Å². The van der Waals surface area contributed by atoms with Crippen LogP contribution in [0.4, 0.5) is 0 Å². The van der Waals surface area contributed by atoms with Crippen LogP contribution in [-0.2, 0) is 13.0 Å². The van der Waals surface area contributed by atoms with E-state index in [0.29, 0.717) is 0 Å². The normalized spacial score (nSPS) is 12.8. The molecule has 0 radical (unpaired) electrons. The van der Waals surface area contributed by atoms with Crippen molar-refractivity contribution in [2.24, 2.45) is 0 Å². The number of nitrogens with zero attached hydrogens (tertiary/aromatic N) is 3. The standard InChI is InChI=1S/C14H22N4S/c1-4-6-15-13(9-12-10-19-11(3)17-12)14-16-7-8-18(14)5-2/h7-8,10,13,15H,4-6,9H2,1-3H3. The first kappa shape index (κ1) is 14.2. The van der Waals surface area contributed by atoms with Gasteiger partial charge in [-0.05, 0) is 26.8 Å². The number of aryl methyl sites for hydroxylation is 2. The minimum atomic E-state index is 0.247. The molecule has 0 aliphatic heterocycles. The zero-order chi connectivity index (χ0) is 13.7. The SMILES string of the molecule is CCCNC(Cc1csc(C)n1)c1nccn1CC. The zero-order valence-electron chi connectivity index (χ0n) is 11.9. The molecule has 0 fully saturated rings. The second kappa shape index (κ2) is 6.82. The first-order valence-electron chi connectivity index (χ1n) is 6.90. The van der Waals surface area contributed by atoms with Crippen molar-refractivity contribution in [2.75, 3.05) is 6.54 Å². The molecule has 2 heterocycles. The molecule has 4 nitrogen and oxygen atoms in total. The Bertz CT molecular complexity index is 503. The molecule has 0 saturated heterocycles. The summed E-state index contributed by atoms with van der Waals surface area (Å²) in [4.78, 5) is 9.08. The topological polar surface area (TPSA) is 42.7 Å². The van der Waals surface area contributed by atoms with E-state index in [2.05, 4.69) is 46.0 Å². The lowest BCUT2D eigenvalue weighted by atomic mass is 10.1. The van der Waals surface area contributed by atoms with Crippen molar-refractivity contribution in [3.8, 4) is 0 Å². The number of hydrogen-bond donors (Lipinski definition) is 1. The van der Waals surface area contributed by atoms with E-state index in [4.69, 9.17) is 0 Å². The van der Waals surface area contributed by atoms with Crippen molar-refractivity contribution < 1.29 is 0 Å². The van der Waals surface area contributed by atoms with E-state index >= 15 is 0 Å². The van der Waals surface area contributed by atoms with E-state index < -0.39 is 0 Å². The molecule has 5 heteroatoms. The fourth-order valence-corrected chi connectivity index (χ4v) is 2.81. The highest BCUT2D eigenvalue weighted by Gasteiger charge is 2.17. The summed E-state index contributed by atoms with van der Waals surface area (Å²) in [6.45, 7) is 8.34. The Morgan fingerprint density at radius 1 is 1.42 bits per heavy atom. The minimum absolute atomic E-state index is 0.247. The lowest BCUT2D eigenvalue weighted by Gasteiger charge is -2.18. The van der Waals surface area contributed by atoms with Crippen LogP contribution in [0.1, 0.15) is 42.8 Å². The molecule has 0 amide bonds. The number of imidazole rings is 1. The van der Waals surface area contributed by atoms with E-state index in [9.17, 15) is 0 Å². The van der Waals surface area contributed by atoms with Crippen molar-refractivity contribution in [3.63, 3.8) is 0 Å². The molecule has 104 valence electrons. The smallest absolute Gasteiger partial charge is 0.126 e. The maximum absolute atomic E-state index is 4.57. The summed E-state index contributed by atoms with van der Waals surface area (Å²) in [6.07, 6.45) is 5.95. The molecular formula is C14H22N4S. The first-order valence-corrected chi connectivity index (χ1v) is 7.78. The number of nitrogens with one attached hydrogen (secondary N) is 1. The number of hydrogen-bond acceptors (Lipinski definition) is 4. The first-order chi connectivity index (χ1) is 9.24. The van der Waals surface area contributed by atoms with Gasteiger partial charge >= 0.3 is 0 Å². The van der Waals surface area contributed by atoms with Gasteiger partial charge in [-0.1, -0.05) is 6.92 Å². The highest BCUT2D eigenvalue weighted by atomic mass is 32.1. The summed E-state index contributed by atoms with van der Waals surface area (Å²) in [6, 6.07) is 0.247. The Morgan fingerprint density at radius 2 is 2.26 bits per heavy atom. The van der Waals surface area contributed by atoms with Crippen molar-refractivity contribution in [1.29, 1.82) is 0 Å². The summed E-state index contributed by atoms with van der Waals surface area (Å²) >= 11 is 1.71. The summed E-state index contributed by atoms with van der Waals surface area (Å²) in [5.41, 5.74) is 1.15. The molecular weight excluding hydrogens is 256 g/mol. The Morgan fingerprint density at radius 3 is 2.89 bits per heavy atom. The molecule has 2 rings (SSSR count).